The molecule has 0 spiro atoms. The molecule has 1 unspecified atom stereocenters. The summed E-state index contributed by atoms with van der Waals surface area (Å²) in [7, 11) is 0. The Balaban J connectivity index is 0.00000115. The van der Waals surface area contributed by atoms with Crippen LogP contribution in [-0.4, -0.2) is 35.5 Å². The second-order valence-corrected chi connectivity index (χ2v) is 8.89. The molecule has 0 saturated heterocycles. The monoisotopic (exact) mass is 543 g/mol. The topological polar surface area (TPSA) is 66.0 Å². The SMILES string of the molecule is CC.CC.NSCCN=C(NSc1ccc(F)cc1)N1CC(c2ccccc2)C(c2ccc(F)cc2)=N1. The van der Waals surface area contributed by atoms with Crippen LogP contribution in [0.5, 0.6) is 0 Å². The molecule has 4 rings (SSSR count). The fourth-order valence-electron chi connectivity index (χ4n) is 3.44. The number of nitrogens with zero attached hydrogens (tertiary/aromatic N) is 3. The predicted molar refractivity (Wildman–Crippen MR) is 156 cm³/mol. The Morgan fingerprint density at radius 1 is 0.946 bits per heavy atom. The first-order valence-electron chi connectivity index (χ1n) is 12.4. The van der Waals surface area contributed by atoms with Gasteiger partial charge in [-0.2, -0.15) is 5.10 Å². The lowest BCUT2D eigenvalue weighted by Crippen LogP contribution is -2.34. The number of hydrogen-bond donors (Lipinski definition) is 2. The molecule has 3 aromatic rings. The van der Waals surface area contributed by atoms with Crippen molar-refractivity contribution in [3.05, 3.63) is 102 Å². The Bertz CT molecular complexity index is 1110. The first kappa shape index (κ1) is 30.3. The molecule has 3 aromatic carbocycles. The summed E-state index contributed by atoms with van der Waals surface area (Å²) in [5, 5.41) is 12.3. The van der Waals surface area contributed by atoms with Crippen molar-refractivity contribution in [1.82, 2.24) is 9.73 Å². The summed E-state index contributed by atoms with van der Waals surface area (Å²) in [5.74, 6) is 0.660. The van der Waals surface area contributed by atoms with Crippen LogP contribution in [0.2, 0.25) is 0 Å². The second kappa shape index (κ2) is 16.8. The van der Waals surface area contributed by atoms with Gasteiger partial charge in [-0.3, -0.25) is 9.86 Å². The number of nitrogens with one attached hydrogen (secondary N) is 1. The van der Waals surface area contributed by atoms with Gasteiger partial charge in [0.15, 0.2) is 0 Å². The molecular weight excluding hydrogens is 508 g/mol. The number of guanidine groups is 1. The smallest absolute Gasteiger partial charge is 0.225 e. The van der Waals surface area contributed by atoms with E-state index in [1.807, 2.05) is 50.9 Å². The minimum Gasteiger partial charge on any atom is -0.295 e. The minimum atomic E-state index is -0.288. The first-order valence-corrected chi connectivity index (χ1v) is 14.2. The van der Waals surface area contributed by atoms with Gasteiger partial charge in [0.1, 0.15) is 11.6 Å². The van der Waals surface area contributed by atoms with Crippen molar-refractivity contribution in [3.8, 4) is 0 Å². The molecule has 0 saturated carbocycles. The number of rotatable bonds is 7. The molecule has 0 aromatic heterocycles. The molecule has 0 bridgehead atoms. The normalized spacial score (nSPS) is 14.7. The molecule has 198 valence electrons. The van der Waals surface area contributed by atoms with E-state index >= 15 is 0 Å². The molecule has 0 aliphatic carbocycles. The summed E-state index contributed by atoms with van der Waals surface area (Å²) in [6.07, 6.45) is 0. The summed E-state index contributed by atoms with van der Waals surface area (Å²) in [6, 6.07) is 22.7. The fourth-order valence-corrected chi connectivity index (χ4v) is 4.29. The highest BCUT2D eigenvalue weighted by Crippen LogP contribution is 2.29. The van der Waals surface area contributed by atoms with Crippen LogP contribution < -0.4 is 9.86 Å². The maximum Gasteiger partial charge on any atom is 0.225 e. The van der Waals surface area contributed by atoms with Crippen molar-refractivity contribution in [3.63, 3.8) is 0 Å². The van der Waals surface area contributed by atoms with Gasteiger partial charge in [0.05, 0.1) is 18.8 Å². The number of aliphatic imine (C=N–C) groups is 1. The van der Waals surface area contributed by atoms with Crippen molar-refractivity contribution in [2.45, 2.75) is 38.5 Å². The highest BCUT2D eigenvalue weighted by molar-refractivity contribution is 7.98. The molecule has 3 N–H and O–H groups in total. The molecule has 1 aliphatic rings. The second-order valence-electron chi connectivity index (χ2n) is 7.27. The van der Waals surface area contributed by atoms with E-state index in [1.165, 1.54) is 48.2 Å². The number of benzene rings is 3. The molecule has 1 atom stereocenters. The molecule has 9 heteroatoms. The van der Waals surface area contributed by atoms with Crippen LogP contribution in [0.1, 0.15) is 44.7 Å². The van der Waals surface area contributed by atoms with Crippen molar-refractivity contribution in [2.75, 3.05) is 18.8 Å². The van der Waals surface area contributed by atoms with Gasteiger partial charge in [0.25, 0.3) is 0 Å². The van der Waals surface area contributed by atoms with E-state index in [2.05, 4.69) is 21.8 Å². The van der Waals surface area contributed by atoms with E-state index in [9.17, 15) is 8.78 Å². The van der Waals surface area contributed by atoms with Crippen LogP contribution in [0.4, 0.5) is 8.78 Å². The predicted octanol–water partition coefficient (Wildman–Crippen LogP) is 7.08. The summed E-state index contributed by atoms with van der Waals surface area (Å²) in [6.45, 7) is 9.09. The standard InChI is InChI=1S/C24H23F2N5S2.2C2H6/c25-19-8-6-18(7-9-19)23-22(17-4-2-1-3-5-17)16-31(29-23)24(28-14-15-32-27)30-33-21-12-10-20(26)11-13-21;2*1-2/h1-13,22H,14-16,27H2,(H,28,30);2*1-2H3. The quantitative estimate of drug-likeness (QED) is 0.144. The van der Waals surface area contributed by atoms with Crippen LogP contribution in [0.25, 0.3) is 0 Å². The van der Waals surface area contributed by atoms with Gasteiger partial charge >= 0.3 is 0 Å². The minimum absolute atomic E-state index is 0.0108. The van der Waals surface area contributed by atoms with Gasteiger partial charge in [-0.25, -0.2) is 18.8 Å². The van der Waals surface area contributed by atoms with Crippen LogP contribution in [0, 0.1) is 11.6 Å². The summed E-state index contributed by atoms with van der Waals surface area (Å²) < 4.78 is 30.1. The molecule has 1 heterocycles. The average Bonchev–Trinajstić information content (AvgIpc) is 3.40. The van der Waals surface area contributed by atoms with E-state index in [-0.39, 0.29) is 17.6 Å². The maximum atomic E-state index is 13.5. The third kappa shape index (κ3) is 9.18. The molecule has 37 heavy (non-hydrogen) atoms. The van der Waals surface area contributed by atoms with Crippen LogP contribution in [0.15, 0.2) is 93.9 Å². The Morgan fingerprint density at radius 3 is 2.14 bits per heavy atom. The molecular formula is C28H35F2N5S2. The van der Waals surface area contributed by atoms with Crippen molar-refractivity contribution in [1.29, 1.82) is 0 Å². The highest BCUT2D eigenvalue weighted by Gasteiger charge is 2.31. The molecule has 0 radical (unpaired) electrons. The third-order valence-electron chi connectivity index (χ3n) is 5.04. The van der Waals surface area contributed by atoms with Crippen LogP contribution >= 0.6 is 23.9 Å². The van der Waals surface area contributed by atoms with E-state index in [0.29, 0.717) is 24.8 Å². The lowest BCUT2D eigenvalue weighted by molar-refractivity contribution is 0.464. The number of hydrogen-bond acceptors (Lipinski definition) is 5. The van der Waals surface area contributed by atoms with Gasteiger partial charge in [0.2, 0.25) is 5.96 Å². The number of halogens is 2. The molecule has 0 amide bonds. The van der Waals surface area contributed by atoms with E-state index < -0.39 is 0 Å². The molecule has 1 aliphatic heterocycles. The highest BCUT2D eigenvalue weighted by atomic mass is 32.2. The van der Waals surface area contributed by atoms with Crippen molar-refractivity contribution in [2.24, 2.45) is 15.2 Å². The number of nitrogens with two attached hydrogens (primary N) is 1. The Kier molecular flexibility index (Phi) is 13.8. The van der Waals surface area contributed by atoms with E-state index in [0.717, 1.165) is 21.7 Å². The van der Waals surface area contributed by atoms with Crippen LogP contribution in [0.3, 0.4) is 0 Å². The zero-order chi connectivity index (χ0) is 27.0. The van der Waals surface area contributed by atoms with E-state index in [1.54, 1.807) is 24.3 Å². The van der Waals surface area contributed by atoms with Gasteiger partial charge in [-0.15, -0.1) is 0 Å². The zero-order valence-electron chi connectivity index (χ0n) is 21.7. The molecule has 0 fully saturated rings. The summed E-state index contributed by atoms with van der Waals surface area (Å²) >= 11 is 2.56. The fraction of sp³-hybridized carbons (Fsp3) is 0.286. The Labute approximate surface area is 227 Å². The van der Waals surface area contributed by atoms with Crippen molar-refractivity contribution >= 4 is 35.6 Å². The first-order chi connectivity index (χ1) is 18.1. The summed E-state index contributed by atoms with van der Waals surface area (Å²) in [4.78, 5) is 5.51. The lowest BCUT2D eigenvalue weighted by atomic mass is 9.91. The van der Waals surface area contributed by atoms with Crippen molar-refractivity contribution < 1.29 is 8.78 Å². The molecule has 5 nitrogen and oxygen atoms in total. The lowest BCUT2D eigenvalue weighted by Gasteiger charge is -2.19. The summed E-state index contributed by atoms with van der Waals surface area (Å²) in [5.41, 5.74) is 2.82. The largest absolute Gasteiger partial charge is 0.295 e. The van der Waals surface area contributed by atoms with Gasteiger partial charge in [-0.1, -0.05) is 82.1 Å². The van der Waals surface area contributed by atoms with Crippen LogP contribution in [-0.2, 0) is 0 Å². The van der Waals surface area contributed by atoms with Gasteiger partial charge in [-0.05, 0) is 59.5 Å². The van der Waals surface area contributed by atoms with Gasteiger partial charge < -0.3 is 0 Å². The van der Waals surface area contributed by atoms with E-state index in [4.69, 9.17) is 10.2 Å². The average molecular weight is 544 g/mol. The Hall–Kier alpha value is -2.88. The Morgan fingerprint density at radius 2 is 1.54 bits per heavy atom. The third-order valence-corrected chi connectivity index (χ3v) is 6.26. The number of hydrazone groups is 1. The zero-order valence-corrected chi connectivity index (χ0v) is 23.3. The maximum absolute atomic E-state index is 13.5. The van der Waals surface area contributed by atoms with Gasteiger partial charge in [0, 0.05) is 16.6 Å².